The molecule has 0 radical (unpaired) electrons. The van der Waals surface area contributed by atoms with E-state index < -0.39 is 0 Å². The fourth-order valence-electron chi connectivity index (χ4n) is 3.75. The Hall–Kier alpha value is -2.81. The summed E-state index contributed by atoms with van der Waals surface area (Å²) in [5.74, 6) is 0.833. The molecular formula is C23H24N2O. The van der Waals surface area contributed by atoms with E-state index in [4.69, 9.17) is 0 Å². The Balaban J connectivity index is 1.34. The average molecular weight is 344 g/mol. The van der Waals surface area contributed by atoms with Gasteiger partial charge in [0.25, 0.3) is 5.91 Å². The van der Waals surface area contributed by atoms with Crippen molar-refractivity contribution < 1.29 is 4.79 Å². The Kier molecular flexibility index (Phi) is 4.87. The summed E-state index contributed by atoms with van der Waals surface area (Å²) in [7, 11) is 0. The third-order valence-electron chi connectivity index (χ3n) is 5.29. The van der Waals surface area contributed by atoms with Crippen LogP contribution in [0.4, 0.5) is 0 Å². The van der Waals surface area contributed by atoms with Gasteiger partial charge in [0.05, 0.1) is 0 Å². The second kappa shape index (κ2) is 7.61. The fourth-order valence-corrected chi connectivity index (χ4v) is 3.75. The Bertz CT molecular complexity index is 830. The summed E-state index contributed by atoms with van der Waals surface area (Å²) in [6.07, 6.45) is 7.31. The Morgan fingerprint density at radius 2 is 1.50 bits per heavy atom. The molecule has 2 heterocycles. The van der Waals surface area contributed by atoms with Gasteiger partial charge >= 0.3 is 0 Å². The lowest BCUT2D eigenvalue weighted by atomic mass is 9.90. The van der Waals surface area contributed by atoms with Crippen LogP contribution in [-0.2, 0) is 6.42 Å². The van der Waals surface area contributed by atoms with Crippen LogP contribution in [0.15, 0.2) is 79.1 Å². The molecule has 0 atom stereocenters. The topological polar surface area (TPSA) is 25.2 Å². The van der Waals surface area contributed by atoms with Gasteiger partial charge in [0.1, 0.15) is 0 Å². The number of hydrogen-bond donors (Lipinski definition) is 0. The lowest BCUT2D eigenvalue weighted by molar-refractivity contribution is 0.0690. The second-order valence-electron chi connectivity index (χ2n) is 7.06. The van der Waals surface area contributed by atoms with Crippen molar-refractivity contribution in [2.75, 3.05) is 13.1 Å². The fraction of sp³-hybridized carbons (Fsp3) is 0.261. The SMILES string of the molecule is O=C(c1ccc(-n2cccc2)cc1)N1CCC(Cc2ccccc2)CC1. The summed E-state index contributed by atoms with van der Waals surface area (Å²) in [6.45, 7) is 1.71. The Morgan fingerprint density at radius 1 is 0.846 bits per heavy atom. The van der Waals surface area contributed by atoms with Crippen LogP contribution in [-0.4, -0.2) is 28.5 Å². The molecule has 0 saturated carbocycles. The number of rotatable bonds is 4. The van der Waals surface area contributed by atoms with Crippen molar-refractivity contribution in [3.63, 3.8) is 0 Å². The van der Waals surface area contributed by atoms with Gasteiger partial charge in [-0.2, -0.15) is 0 Å². The normalized spacial score (nSPS) is 15.2. The molecule has 0 unspecified atom stereocenters. The molecule has 26 heavy (non-hydrogen) atoms. The number of piperidine rings is 1. The molecule has 1 aromatic heterocycles. The zero-order chi connectivity index (χ0) is 17.8. The van der Waals surface area contributed by atoms with Crippen molar-refractivity contribution >= 4 is 5.91 Å². The lowest BCUT2D eigenvalue weighted by Gasteiger charge is -2.32. The van der Waals surface area contributed by atoms with Crippen LogP contribution in [0.3, 0.4) is 0 Å². The molecule has 0 N–H and O–H groups in total. The Morgan fingerprint density at radius 3 is 2.15 bits per heavy atom. The number of benzene rings is 2. The number of hydrogen-bond acceptors (Lipinski definition) is 1. The van der Waals surface area contributed by atoms with Crippen LogP contribution in [0.25, 0.3) is 5.69 Å². The highest BCUT2D eigenvalue weighted by atomic mass is 16.2. The molecule has 3 nitrogen and oxygen atoms in total. The van der Waals surface area contributed by atoms with Gasteiger partial charge in [-0.15, -0.1) is 0 Å². The zero-order valence-corrected chi connectivity index (χ0v) is 14.9. The molecule has 3 aromatic rings. The maximum atomic E-state index is 12.8. The van der Waals surface area contributed by atoms with Crippen molar-refractivity contribution in [2.24, 2.45) is 5.92 Å². The molecule has 0 bridgehead atoms. The highest BCUT2D eigenvalue weighted by Crippen LogP contribution is 2.23. The molecule has 1 aliphatic heterocycles. The van der Waals surface area contributed by atoms with E-state index in [2.05, 4.69) is 30.3 Å². The van der Waals surface area contributed by atoms with E-state index in [-0.39, 0.29) is 5.91 Å². The lowest BCUT2D eigenvalue weighted by Crippen LogP contribution is -2.38. The first kappa shape index (κ1) is 16.6. The maximum Gasteiger partial charge on any atom is 0.253 e. The molecule has 1 fully saturated rings. The predicted molar refractivity (Wildman–Crippen MR) is 105 cm³/mol. The molecular weight excluding hydrogens is 320 g/mol. The zero-order valence-electron chi connectivity index (χ0n) is 14.9. The first-order valence-electron chi connectivity index (χ1n) is 9.36. The summed E-state index contributed by atoms with van der Waals surface area (Å²) in [6, 6.07) is 22.6. The second-order valence-corrected chi connectivity index (χ2v) is 7.06. The largest absolute Gasteiger partial charge is 0.339 e. The minimum atomic E-state index is 0.155. The van der Waals surface area contributed by atoms with Gasteiger partial charge in [0.2, 0.25) is 0 Å². The van der Waals surface area contributed by atoms with Gasteiger partial charge in [-0.3, -0.25) is 4.79 Å². The number of carbonyl (C=O) groups is 1. The molecule has 1 amide bonds. The summed E-state index contributed by atoms with van der Waals surface area (Å²) in [4.78, 5) is 14.8. The average Bonchev–Trinajstić information content (AvgIpc) is 3.24. The van der Waals surface area contributed by atoms with Crippen molar-refractivity contribution in [3.05, 3.63) is 90.3 Å². The predicted octanol–water partition coefficient (Wildman–Crippen LogP) is 4.57. The van der Waals surface area contributed by atoms with E-state index in [9.17, 15) is 4.79 Å². The van der Waals surface area contributed by atoms with Crippen LogP contribution >= 0.6 is 0 Å². The highest BCUT2D eigenvalue weighted by Gasteiger charge is 2.23. The van der Waals surface area contributed by atoms with E-state index >= 15 is 0 Å². The van der Waals surface area contributed by atoms with Gasteiger partial charge in [0.15, 0.2) is 0 Å². The van der Waals surface area contributed by atoms with Gasteiger partial charge in [-0.25, -0.2) is 0 Å². The third-order valence-corrected chi connectivity index (χ3v) is 5.29. The van der Waals surface area contributed by atoms with Gasteiger partial charge in [0, 0.05) is 36.7 Å². The molecule has 4 rings (SSSR count). The molecule has 2 aromatic carbocycles. The van der Waals surface area contributed by atoms with Crippen molar-refractivity contribution in [2.45, 2.75) is 19.3 Å². The number of carbonyl (C=O) groups excluding carboxylic acids is 1. The van der Waals surface area contributed by atoms with Crippen LogP contribution < -0.4 is 0 Å². The monoisotopic (exact) mass is 344 g/mol. The first-order valence-corrected chi connectivity index (χ1v) is 9.36. The molecule has 0 spiro atoms. The summed E-state index contributed by atoms with van der Waals surface area (Å²) < 4.78 is 2.04. The standard InChI is InChI=1S/C23H24N2O/c26-23(21-8-10-22(11-9-21)24-14-4-5-15-24)25-16-12-20(13-17-25)18-19-6-2-1-3-7-19/h1-11,14-15,20H,12-13,16-18H2. The quantitative estimate of drug-likeness (QED) is 0.680. The smallest absolute Gasteiger partial charge is 0.253 e. The maximum absolute atomic E-state index is 12.8. The van der Waals surface area contributed by atoms with Crippen molar-refractivity contribution in [1.82, 2.24) is 9.47 Å². The summed E-state index contributed by atoms with van der Waals surface area (Å²) >= 11 is 0. The van der Waals surface area contributed by atoms with Crippen LogP contribution in [0, 0.1) is 5.92 Å². The third kappa shape index (κ3) is 3.72. The van der Waals surface area contributed by atoms with E-state index in [0.29, 0.717) is 5.92 Å². The highest BCUT2D eigenvalue weighted by molar-refractivity contribution is 5.94. The molecule has 1 saturated heterocycles. The number of amides is 1. The minimum absolute atomic E-state index is 0.155. The summed E-state index contributed by atoms with van der Waals surface area (Å²) in [5.41, 5.74) is 3.26. The van der Waals surface area contributed by atoms with Gasteiger partial charge in [-0.05, 0) is 67.1 Å². The van der Waals surface area contributed by atoms with E-state index in [1.165, 1.54) is 5.56 Å². The molecule has 3 heteroatoms. The van der Waals surface area contributed by atoms with E-state index in [0.717, 1.165) is 43.6 Å². The van der Waals surface area contributed by atoms with E-state index in [1.54, 1.807) is 0 Å². The molecule has 1 aliphatic rings. The van der Waals surface area contributed by atoms with Crippen molar-refractivity contribution in [3.8, 4) is 5.69 Å². The van der Waals surface area contributed by atoms with E-state index in [1.807, 2.05) is 58.3 Å². The Labute approximate surface area is 154 Å². The number of aromatic nitrogens is 1. The first-order chi connectivity index (χ1) is 12.8. The summed E-state index contributed by atoms with van der Waals surface area (Å²) in [5, 5.41) is 0. The number of likely N-dealkylation sites (tertiary alicyclic amines) is 1. The van der Waals surface area contributed by atoms with Gasteiger partial charge < -0.3 is 9.47 Å². The molecule has 132 valence electrons. The van der Waals surface area contributed by atoms with Crippen LogP contribution in [0.2, 0.25) is 0 Å². The van der Waals surface area contributed by atoms with Crippen LogP contribution in [0.1, 0.15) is 28.8 Å². The number of nitrogens with zero attached hydrogens (tertiary/aromatic N) is 2. The molecule has 0 aliphatic carbocycles. The minimum Gasteiger partial charge on any atom is -0.339 e. The van der Waals surface area contributed by atoms with Crippen LogP contribution in [0.5, 0.6) is 0 Å². The van der Waals surface area contributed by atoms with Gasteiger partial charge in [-0.1, -0.05) is 30.3 Å². The van der Waals surface area contributed by atoms with Crippen molar-refractivity contribution in [1.29, 1.82) is 0 Å².